The van der Waals surface area contributed by atoms with Crippen molar-refractivity contribution in [3.8, 4) is 0 Å². The normalized spacial score (nSPS) is 15.7. The molecule has 0 spiro atoms. The molecule has 0 unspecified atom stereocenters. The van der Waals surface area contributed by atoms with Gasteiger partial charge < -0.3 is 43.8 Å². The second-order valence-corrected chi connectivity index (χ2v) is 13.0. The first-order valence-corrected chi connectivity index (χ1v) is 13.3. The van der Waals surface area contributed by atoms with Crippen molar-refractivity contribution in [2.24, 2.45) is 0 Å². The summed E-state index contributed by atoms with van der Waals surface area (Å²) in [5.74, 6) is 0.0195. The summed E-state index contributed by atoms with van der Waals surface area (Å²) < 4.78 is 40.8. The van der Waals surface area contributed by atoms with Crippen molar-refractivity contribution in [3.63, 3.8) is 0 Å². The Morgan fingerprint density at radius 1 is 1.03 bits per heavy atom. The van der Waals surface area contributed by atoms with E-state index >= 15 is 0 Å². The van der Waals surface area contributed by atoms with Gasteiger partial charge in [0, 0.05) is 0 Å². The Kier molecular flexibility index (Phi) is 8.00. The first-order valence-electron chi connectivity index (χ1n) is 11.7. The molecule has 16 heteroatoms. The minimum absolute atomic E-state index is 0.0195. The second-order valence-electron chi connectivity index (χ2n) is 11.1. The monoisotopic (exact) mass is 559 g/mol. The van der Waals surface area contributed by atoms with Gasteiger partial charge in [-0.2, -0.15) is 4.98 Å². The largest absolute Gasteiger partial charge is 0.508 e. The molecule has 4 N–H and O–H groups in total. The number of imidazole rings is 1. The zero-order chi connectivity index (χ0) is 28.6. The van der Waals surface area contributed by atoms with Crippen molar-refractivity contribution in [3.05, 3.63) is 12.5 Å². The fourth-order valence-electron chi connectivity index (χ4n) is 3.36. The number of aromatic nitrogens is 4. The number of fused-ring (bicyclic) bond motifs is 1. The summed E-state index contributed by atoms with van der Waals surface area (Å²) in [6.45, 7) is 7.69. The van der Waals surface area contributed by atoms with Crippen molar-refractivity contribution in [2.45, 2.75) is 83.1 Å². The van der Waals surface area contributed by atoms with Crippen LogP contribution in [0.3, 0.4) is 0 Å². The Morgan fingerprint density at radius 2 is 1.55 bits per heavy atom. The molecule has 0 saturated heterocycles. The molecule has 212 valence electrons. The van der Waals surface area contributed by atoms with E-state index in [0.717, 1.165) is 0 Å². The Bertz CT molecular complexity index is 1190. The predicted octanol–water partition coefficient (Wildman–Crippen LogP) is 2.74. The molecule has 0 aliphatic heterocycles. The van der Waals surface area contributed by atoms with Crippen LogP contribution < -0.4 is 5.73 Å². The molecule has 0 amide bonds. The van der Waals surface area contributed by atoms with Gasteiger partial charge in [-0.3, -0.25) is 4.57 Å². The van der Waals surface area contributed by atoms with Crippen LogP contribution in [-0.4, -0.2) is 77.0 Å². The minimum Gasteiger partial charge on any atom is -0.430 e. The van der Waals surface area contributed by atoms with Crippen molar-refractivity contribution in [2.75, 3.05) is 18.9 Å². The van der Waals surface area contributed by atoms with E-state index < -0.39 is 55.3 Å². The molecule has 1 aliphatic rings. The summed E-state index contributed by atoms with van der Waals surface area (Å²) in [5, 5.41) is -2.57. The number of carbonyl (C=O) groups is 2. The van der Waals surface area contributed by atoms with Gasteiger partial charge in [0.25, 0.3) is 0 Å². The number of anilines is 1. The lowest BCUT2D eigenvalue weighted by Crippen LogP contribution is -2.48. The average molecular weight is 560 g/mol. The van der Waals surface area contributed by atoms with Crippen LogP contribution >= 0.6 is 7.60 Å². The van der Waals surface area contributed by atoms with E-state index in [1.807, 2.05) is 0 Å². The fourth-order valence-corrected chi connectivity index (χ4v) is 4.14. The van der Waals surface area contributed by atoms with Crippen molar-refractivity contribution in [1.82, 2.24) is 19.5 Å². The molecule has 38 heavy (non-hydrogen) atoms. The molecule has 1 aliphatic carbocycles. The molecule has 2 aromatic rings. The number of rotatable bonds is 9. The Labute approximate surface area is 219 Å². The zero-order valence-corrected chi connectivity index (χ0v) is 23.1. The Hall–Kier alpha value is -3.00. The number of carbonyl (C=O) groups excluding carboxylic acids is 2. The molecular weight excluding hydrogens is 525 g/mol. The molecule has 2 aromatic heterocycles. The molecule has 0 atom stereocenters. The standard InChI is InChI=1S/C22H34N5O10P/c1-19(2,3)35-17(28)33-11-22(38(30,31)32,12-34-18(29)36-20(4,5)6)37-21(7-8-21)10-27-13-25-14-9-24-16(23)26-15(14)27/h9,13H,7-8,10-12H2,1-6H3,(H2,23,24,26)(H2,30,31,32). The van der Waals surface area contributed by atoms with E-state index in [2.05, 4.69) is 15.0 Å². The smallest absolute Gasteiger partial charge is 0.430 e. The number of nitrogens with two attached hydrogens (primary N) is 1. The lowest BCUT2D eigenvalue weighted by molar-refractivity contribution is -0.136. The van der Waals surface area contributed by atoms with Crippen LogP contribution in [0.2, 0.25) is 0 Å². The van der Waals surface area contributed by atoms with Gasteiger partial charge in [-0.1, -0.05) is 0 Å². The molecule has 0 radical (unpaired) electrons. The maximum Gasteiger partial charge on any atom is 0.508 e. The quantitative estimate of drug-likeness (QED) is 0.298. The molecule has 2 heterocycles. The summed E-state index contributed by atoms with van der Waals surface area (Å²) in [6.07, 6.45) is 1.30. The number of ether oxygens (including phenoxy) is 5. The van der Waals surface area contributed by atoms with E-state index in [1.54, 1.807) is 46.1 Å². The van der Waals surface area contributed by atoms with E-state index in [1.165, 1.54) is 12.5 Å². The maximum atomic E-state index is 12.9. The van der Waals surface area contributed by atoms with Gasteiger partial charge in [0.05, 0.1) is 24.7 Å². The van der Waals surface area contributed by atoms with Crippen molar-refractivity contribution >= 4 is 37.0 Å². The highest BCUT2D eigenvalue weighted by molar-refractivity contribution is 7.53. The average Bonchev–Trinajstić information content (AvgIpc) is 3.38. The fraction of sp³-hybridized carbons (Fsp3) is 0.682. The van der Waals surface area contributed by atoms with Crippen LogP contribution in [0.1, 0.15) is 54.4 Å². The molecule has 1 saturated carbocycles. The molecule has 15 nitrogen and oxygen atoms in total. The molecule has 0 aromatic carbocycles. The zero-order valence-electron chi connectivity index (χ0n) is 22.2. The number of nitrogens with zero attached hydrogens (tertiary/aromatic N) is 4. The summed E-state index contributed by atoms with van der Waals surface area (Å²) >= 11 is 0. The highest BCUT2D eigenvalue weighted by Crippen LogP contribution is 2.57. The Morgan fingerprint density at radius 3 is 2.00 bits per heavy atom. The number of hydrogen-bond donors (Lipinski definition) is 3. The van der Waals surface area contributed by atoms with Crippen LogP contribution in [0.25, 0.3) is 11.2 Å². The minimum atomic E-state index is -5.28. The summed E-state index contributed by atoms with van der Waals surface area (Å²) in [6, 6.07) is 0. The SMILES string of the molecule is CC(C)(C)OC(=O)OCC(COC(=O)OC(C)(C)C)(OC1(Cn2cnc3cnc(N)nc32)CC1)P(=O)(O)O. The van der Waals surface area contributed by atoms with E-state index in [9.17, 15) is 23.9 Å². The van der Waals surface area contributed by atoms with Gasteiger partial charge in [-0.15, -0.1) is 0 Å². The highest BCUT2D eigenvalue weighted by atomic mass is 31.2. The van der Waals surface area contributed by atoms with Gasteiger partial charge in [-0.25, -0.2) is 19.6 Å². The predicted molar refractivity (Wildman–Crippen MR) is 132 cm³/mol. The van der Waals surface area contributed by atoms with E-state index in [4.69, 9.17) is 29.4 Å². The third kappa shape index (κ3) is 7.76. The third-order valence-electron chi connectivity index (χ3n) is 5.19. The maximum absolute atomic E-state index is 12.9. The molecule has 0 bridgehead atoms. The first kappa shape index (κ1) is 29.6. The van der Waals surface area contributed by atoms with Crippen LogP contribution in [0, 0.1) is 0 Å². The lowest BCUT2D eigenvalue weighted by Gasteiger charge is -2.36. The summed E-state index contributed by atoms with van der Waals surface area (Å²) in [5.41, 5.74) is 3.55. The van der Waals surface area contributed by atoms with Gasteiger partial charge in [0.2, 0.25) is 11.3 Å². The molecule has 3 rings (SSSR count). The lowest BCUT2D eigenvalue weighted by atomic mass is 10.2. The number of hydrogen-bond acceptors (Lipinski definition) is 12. The van der Waals surface area contributed by atoms with Gasteiger partial charge in [0.1, 0.15) is 29.9 Å². The van der Waals surface area contributed by atoms with Gasteiger partial charge in [-0.05, 0) is 54.4 Å². The van der Waals surface area contributed by atoms with Crippen LogP contribution in [0.5, 0.6) is 0 Å². The summed E-state index contributed by atoms with van der Waals surface area (Å²) in [7, 11) is -5.28. The van der Waals surface area contributed by atoms with Crippen LogP contribution in [0.4, 0.5) is 15.5 Å². The van der Waals surface area contributed by atoms with Gasteiger partial charge in [0.15, 0.2) is 5.65 Å². The first-order chi connectivity index (χ1) is 17.3. The van der Waals surface area contributed by atoms with Crippen molar-refractivity contribution < 1.29 is 47.6 Å². The Balaban J connectivity index is 1.89. The third-order valence-corrected chi connectivity index (χ3v) is 6.60. The molecule has 1 fully saturated rings. The number of nitrogen functional groups attached to an aromatic ring is 1. The topological polar surface area (TPSA) is 207 Å². The highest BCUT2D eigenvalue weighted by Gasteiger charge is 2.60. The van der Waals surface area contributed by atoms with Gasteiger partial charge >= 0.3 is 19.9 Å². The van der Waals surface area contributed by atoms with Crippen LogP contribution in [0.15, 0.2) is 12.5 Å². The van der Waals surface area contributed by atoms with E-state index in [-0.39, 0.29) is 12.5 Å². The second kappa shape index (κ2) is 10.3. The van der Waals surface area contributed by atoms with Crippen molar-refractivity contribution in [1.29, 1.82) is 0 Å². The van der Waals surface area contributed by atoms with Crippen LogP contribution in [-0.2, 0) is 34.8 Å². The summed E-state index contributed by atoms with van der Waals surface area (Å²) in [4.78, 5) is 57.6. The molecular formula is C22H34N5O10P. The van der Waals surface area contributed by atoms with E-state index in [0.29, 0.717) is 24.0 Å².